The molecule has 1 unspecified atom stereocenters. The fourth-order valence-corrected chi connectivity index (χ4v) is 6.03. The van der Waals surface area contributed by atoms with Crippen molar-refractivity contribution in [3.05, 3.63) is 40.8 Å². The summed E-state index contributed by atoms with van der Waals surface area (Å²) in [5.41, 5.74) is 5.48. The van der Waals surface area contributed by atoms with E-state index < -0.39 is 10.0 Å². The molecule has 30 heavy (non-hydrogen) atoms. The molecule has 1 aromatic heterocycles. The highest BCUT2D eigenvalue weighted by atomic mass is 32.2. The number of ether oxygens (including phenoxy) is 1. The Kier molecular flexibility index (Phi) is 5.95. The first kappa shape index (κ1) is 21.0. The SMILES string of the molecule is NC1CCN(S(=O)(=O)c2cccc3c(=O)n(COC(=O)C4CCCCC4)ccc23)C1. The Bertz CT molecular complexity index is 1110. The summed E-state index contributed by atoms with van der Waals surface area (Å²) in [7, 11) is -3.75. The quantitative estimate of drug-likeness (QED) is 0.720. The van der Waals surface area contributed by atoms with Crippen molar-refractivity contribution in [2.45, 2.75) is 56.2 Å². The van der Waals surface area contributed by atoms with Crippen LogP contribution < -0.4 is 11.3 Å². The summed E-state index contributed by atoms with van der Waals surface area (Å²) in [6.07, 6.45) is 6.93. The van der Waals surface area contributed by atoms with Crippen LogP contribution in [0.15, 0.2) is 40.2 Å². The van der Waals surface area contributed by atoms with E-state index in [9.17, 15) is 18.0 Å². The van der Waals surface area contributed by atoms with E-state index in [2.05, 4.69) is 0 Å². The summed E-state index contributed by atoms with van der Waals surface area (Å²) < 4.78 is 34.2. The van der Waals surface area contributed by atoms with Gasteiger partial charge in [0, 0.05) is 36.1 Å². The van der Waals surface area contributed by atoms with Crippen molar-refractivity contribution in [1.82, 2.24) is 8.87 Å². The monoisotopic (exact) mass is 433 g/mol. The number of rotatable bonds is 5. The molecule has 8 nitrogen and oxygen atoms in total. The van der Waals surface area contributed by atoms with Crippen LogP contribution in [0.2, 0.25) is 0 Å². The molecule has 1 aliphatic heterocycles. The molecule has 0 spiro atoms. The molecule has 0 radical (unpaired) electrons. The number of carbonyl (C=O) groups excluding carboxylic acids is 1. The number of esters is 1. The maximum atomic E-state index is 13.1. The summed E-state index contributed by atoms with van der Waals surface area (Å²) in [6, 6.07) is 6.07. The van der Waals surface area contributed by atoms with Crippen molar-refractivity contribution in [2.75, 3.05) is 13.1 Å². The van der Waals surface area contributed by atoms with Crippen molar-refractivity contribution < 1.29 is 17.9 Å². The van der Waals surface area contributed by atoms with Gasteiger partial charge < -0.3 is 10.5 Å². The van der Waals surface area contributed by atoms with Gasteiger partial charge in [0.25, 0.3) is 5.56 Å². The zero-order chi connectivity index (χ0) is 21.3. The highest BCUT2D eigenvalue weighted by molar-refractivity contribution is 7.89. The van der Waals surface area contributed by atoms with Gasteiger partial charge in [-0.15, -0.1) is 0 Å². The minimum Gasteiger partial charge on any atom is -0.444 e. The first-order valence-electron chi connectivity index (χ1n) is 10.4. The highest BCUT2D eigenvalue weighted by Crippen LogP contribution is 2.27. The Morgan fingerprint density at radius 1 is 1.10 bits per heavy atom. The van der Waals surface area contributed by atoms with Gasteiger partial charge in [-0.2, -0.15) is 4.31 Å². The van der Waals surface area contributed by atoms with Crippen LogP contribution in [0, 0.1) is 5.92 Å². The number of aromatic nitrogens is 1. The smallest absolute Gasteiger partial charge is 0.310 e. The van der Waals surface area contributed by atoms with Crippen molar-refractivity contribution >= 4 is 26.8 Å². The van der Waals surface area contributed by atoms with Crippen molar-refractivity contribution in [3.63, 3.8) is 0 Å². The second-order valence-electron chi connectivity index (χ2n) is 8.15. The zero-order valence-electron chi connectivity index (χ0n) is 16.8. The van der Waals surface area contributed by atoms with E-state index in [1.807, 2.05) is 0 Å². The van der Waals surface area contributed by atoms with Gasteiger partial charge in [0.05, 0.1) is 10.8 Å². The summed E-state index contributed by atoms with van der Waals surface area (Å²) >= 11 is 0. The lowest BCUT2D eigenvalue weighted by Crippen LogP contribution is -2.32. The van der Waals surface area contributed by atoms with E-state index in [0.717, 1.165) is 32.1 Å². The van der Waals surface area contributed by atoms with E-state index in [4.69, 9.17) is 10.5 Å². The van der Waals surface area contributed by atoms with Gasteiger partial charge in [-0.3, -0.25) is 14.2 Å². The largest absolute Gasteiger partial charge is 0.444 e. The van der Waals surface area contributed by atoms with E-state index in [0.29, 0.717) is 18.4 Å². The molecule has 1 aliphatic carbocycles. The van der Waals surface area contributed by atoms with Crippen LogP contribution in [-0.2, 0) is 26.3 Å². The average Bonchev–Trinajstić information content (AvgIpc) is 3.20. The number of fused-ring (bicyclic) bond motifs is 1. The molecule has 0 bridgehead atoms. The molecule has 4 rings (SSSR count). The van der Waals surface area contributed by atoms with Gasteiger partial charge >= 0.3 is 5.97 Å². The first-order chi connectivity index (χ1) is 14.4. The summed E-state index contributed by atoms with van der Waals surface area (Å²) in [5.74, 6) is -0.373. The van der Waals surface area contributed by atoms with Crippen LogP contribution in [-0.4, -0.2) is 42.4 Å². The Balaban J connectivity index is 1.59. The number of benzene rings is 1. The summed E-state index contributed by atoms with van der Waals surface area (Å²) in [4.78, 5) is 25.3. The second-order valence-corrected chi connectivity index (χ2v) is 10.1. The predicted molar refractivity (Wildman–Crippen MR) is 112 cm³/mol. The number of hydrogen-bond donors (Lipinski definition) is 1. The third kappa shape index (κ3) is 4.01. The van der Waals surface area contributed by atoms with Gasteiger partial charge in [-0.1, -0.05) is 25.3 Å². The van der Waals surface area contributed by atoms with Crippen LogP contribution in [0.1, 0.15) is 38.5 Å². The Labute approximate surface area is 175 Å². The minimum absolute atomic E-state index is 0.0950. The third-order valence-corrected chi connectivity index (χ3v) is 7.99. The van der Waals surface area contributed by atoms with Crippen LogP contribution in [0.25, 0.3) is 10.8 Å². The maximum absolute atomic E-state index is 13.1. The van der Waals surface area contributed by atoms with Gasteiger partial charge in [0.15, 0.2) is 6.73 Å². The standard InChI is InChI=1S/C21H27N3O5S/c22-16-9-12-24(13-16)30(27,28)19-8-4-7-18-17(19)10-11-23(20(18)25)14-29-21(26)15-5-2-1-3-6-15/h4,7-8,10-11,15-16H,1-3,5-6,9,12-14,22H2. The lowest BCUT2D eigenvalue weighted by atomic mass is 9.89. The van der Waals surface area contributed by atoms with Crippen molar-refractivity contribution in [3.8, 4) is 0 Å². The van der Waals surface area contributed by atoms with Gasteiger partial charge in [-0.25, -0.2) is 8.42 Å². The number of carbonyl (C=O) groups is 1. The molecule has 2 fully saturated rings. The third-order valence-electron chi connectivity index (χ3n) is 6.07. The van der Waals surface area contributed by atoms with Gasteiger partial charge in [-0.05, 0) is 37.5 Å². The maximum Gasteiger partial charge on any atom is 0.310 e. The van der Waals surface area contributed by atoms with E-state index >= 15 is 0 Å². The van der Waals surface area contributed by atoms with Gasteiger partial charge in [0.1, 0.15) is 0 Å². The molecule has 2 aliphatic rings. The topological polar surface area (TPSA) is 112 Å². The Morgan fingerprint density at radius 2 is 1.87 bits per heavy atom. The normalized spacial score (nSPS) is 21.2. The summed E-state index contributed by atoms with van der Waals surface area (Å²) in [6.45, 7) is 0.461. The molecule has 0 amide bonds. The molecule has 2 heterocycles. The molecule has 1 aromatic carbocycles. The number of nitrogens with zero attached hydrogens (tertiary/aromatic N) is 2. The van der Waals surface area contributed by atoms with E-state index in [-0.39, 0.29) is 47.0 Å². The predicted octanol–water partition coefficient (Wildman–Crippen LogP) is 1.80. The average molecular weight is 434 g/mol. The van der Waals surface area contributed by atoms with E-state index in [1.54, 1.807) is 18.2 Å². The zero-order valence-corrected chi connectivity index (χ0v) is 17.6. The number of pyridine rings is 1. The Hall–Kier alpha value is -2.23. The molecule has 162 valence electrons. The first-order valence-corrected chi connectivity index (χ1v) is 11.9. The molecular formula is C21H27N3O5S. The highest BCUT2D eigenvalue weighted by Gasteiger charge is 2.32. The van der Waals surface area contributed by atoms with Crippen LogP contribution in [0.3, 0.4) is 0 Å². The molecule has 1 saturated carbocycles. The molecule has 2 N–H and O–H groups in total. The lowest BCUT2D eigenvalue weighted by molar-refractivity contribution is -0.153. The lowest BCUT2D eigenvalue weighted by Gasteiger charge is -2.20. The van der Waals surface area contributed by atoms with Crippen LogP contribution >= 0.6 is 0 Å². The van der Waals surface area contributed by atoms with E-state index in [1.165, 1.54) is 21.1 Å². The Morgan fingerprint density at radius 3 is 2.57 bits per heavy atom. The van der Waals surface area contributed by atoms with Gasteiger partial charge in [0.2, 0.25) is 10.0 Å². The van der Waals surface area contributed by atoms with Crippen molar-refractivity contribution in [2.24, 2.45) is 11.7 Å². The fourth-order valence-electron chi connectivity index (χ4n) is 4.32. The van der Waals surface area contributed by atoms with Crippen LogP contribution in [0.4, 0.5) is 0 Å². The number of nitrogens with two attached hydrogens (primary N) is 1. The molecule has 9 heteroatoms. The number of sulfonamides is 1. The molecule has 1 saturated heterocycles. The fraction of sp³-hybridized carbons (Fsp3) is 0.524. The molecule has 2 aromatic rings. The molecular weight excluding hydrogens is 406 g/mol. The number of hydrogen-bond acceptors (Lipinski definition) is 6. The van der Waals surface area contributed by atoms with Crippen LogP contribution in [0.5, 0.6) is 0 Å². The summed E-state index contributed by atoms with van der Waals surface area (Å²) in [5, 5.41) is 0.633. The molecule has 1 atom stereocenters. The second kappa shape index (κ2) is 8.49. The minimum atomic E-state index is -3.75. The van der Waals surface area contributed by atoms with Crippen molar-refractivity contribution in [1.29, 1.82) is 0 Å².